The molecule has 3 heteroatoms. The number of nitrogens with zero attached hydrogens (tertiary/aromatic N) is 1. The molecule has 104 valence electrons. The molecule has 1 aliphatic rings. The van der Waals surface area contributed by atoms with Crippen LogP contribution < -0.4 is 4.74 Å². The molecule has 1 fully saturated rings. The lowest BCUT2D eigenvalue weighted by molar-refractivity contribution is -0.134. The maximum atomic E-state index is 12.2. The van der Waals surface area contributed by atoms with Gasteiger partial charge in [-0.25, -0.2) is 0 Å². The number of carbonyl (C=O) groups is 1. The minimum absolute atomic E-state index is 0.109. The molecular weight excluding hydrogens is 238 g/mol. The van der Waals surface area contributed by atoms with Crippen LogP contribution in [0.4, 0.5) is 0 Å². The fraction of sp³-hybridized carbons (Fsp3) is 0.562. The average molecular weight is 261 g/mol. The summed E-state index contributed by atoms with van der Waals surface area (Å²) in [5.74, 6) is 1.40. The Morgan fingerprint density at radius 3 is 2.95 bits per heavy atom. The summed E-state index contributed by atoms with van der Waals surface area (Å²) in [6, 6.07) is 8.20. The van der Waals surface area contributed by atoms with Crippen molar-refractivity contribution in [1.29, 1.82) is 0 Å². The second-order valence-corrected chi connectivity index (χ2v) is 5.65. The first kappa shape index (κ1) is 13.9. The molecule has 0 aliphatic carbocycles. The molecule has 1 aliphatic heterocycles. The Hall–Kier alpha value is -1.51. The number of likely N-dealkylation sites (tertiary alicyclic amines) is 1. The lowest BCUT2D eigenvalue weighted by Crippen LogP contribution is -2.41. The molecule has 3 nitrogen and oxygen atoms in total. The second kappa shape index (κ2) is 6.09. The zero-order valence-corrected chi connectivity index (χ0v) is 12.1. The van der Waals surface area contributed by atoms with E-state index in [-0.39, 0.29) is 12.5 Å². The van der Waals surface area contributed by atoms with Gasteiger partial charge in [0.15, 0.2) is 6.61 Å². The van der Waals surface area contributed by atoms with Gasteiger partial charge in [0, 0.05) is 12.6 Å². The number of carbonyl (C=O) groups excluding carboxylic acids is 1. The summed E-state index contributed by atoms with van der Waals surface area (Å²) in [6.07, 6.45) is 2.23. The highest BCUT2D eigenvalue weighted by atomic mass is 16.5. The number of amides is 1. The van der Waals surface area contributed by atoms with Crippen molar-refractivity contribution in [2.45, 2.75) is 39.7 Å². The summed E-state index contributed by atoms with van der Waals surface area (Å²) in [5, 5.41) is 0. The largest absolute Gasteiger partial charge is 0.484 e. The van der Waals surface area contributed by atoms with Crippen LogP contribution in [-0.2, 0) is 4.79 Å². The van der Waals surface area contributed by atoms with Gasteiger partial charge >= 0.3 is 0 Å². The summed E-state index contributed by atoms with van der Waals surface area (Å²) in [7, 11) is 0. The molecule has 0 aromatic heterocycles. The summed E-state index contributed by atoms with van der Waals surface area (Å²) < 4.78 is 5.60. The number of aryl methyl sites for hydroxylation is 1. The van der Waals surface area contributed by atoms with E-state index in [0.717, 1.165) is 30.7 Å². The summed E-state index contributed by atoms with van der Waals surface area (Å²) in [5.41, 5.74) is 1.14. The van der Waals surface area contributed by atoms with Gasteiger partial charge < -0.3 is 9.64 Å². The number of ether oxygens (including phenoxy) is 1. The van der Waals surface area contributed by atoms with Crippen LogP contribution >= 0.6 is 0 Å². The Kier molecular flexibility index (Phi) is 4.46. The van der Waals surface area contributed by atoms with Crippen molar-refractivity contribution in [3.63, 3.8) is 0 Å². The molecule has 1 atom stereocenters. The van der Waals surface area contributed by atoms with Crippen molar-refractivity contribution >= 4 is 5.91 Å². The number of rotatable bonds is 4. The van der Waals surface area contributed by atoms with Gasteiger partial charge in [-0.3, -0.25) is 4.79 Å². The molecule has 0 spiro atoms. The van der Waals surface area contributed by atoms with Crippen molar-refractivity contribution in [1.82, 2.24) is 4.90 Å². The molecule has 1 aromatic carbocycles. The zero-order chi connectivity index (χ0) is 13.8. The summed E-state index contributed by atoms with van der Waals surface area (Å²) in [6.45, 7) is 7.39. The van der Waals surface area contributed by atoms with Crippen molar-refractivity contribution < 1.29 is 9.53 Å². The Balaban J connectivity index is 1.91. The Morgan fingerprint density at radius 2 is 2.26 bits per heavy atom. The number of hydrogen-bond acceptors (Lipinski definition) is 2. The lowest BCUT2D eigenvalue weighted by Gasteiger charge is -2.27. The average Bonchev–Trinajstić information content (AvgIpc) is 2.85. The summed E-state index contributed by atoms with van der Waals surface area (Å²) >= 11 is 0. The monoisotopic (exact) mass is 261 g/mol. The van der Waals surface area contributed by atoms with Gasteiger partial charge in [-0.2, -0.15) is 0 Å². The van der Waals surface area contributed by atoms with E-state index < -0.39 is 0 Å². The first-order chi connectivity index (χ1) is 9.08. The minimum atomic E-state index is 0.109. The second-order valence-electron chi connectivity index (χ2n) is 5.65. The van der Waals surface area contributed by atoms with Crippen LogP contribution in [0.2, 0.25) is 0 Å². The van der Waals surface area contributed by atoms with Crippen LogP contribution in [0.3, 0.4) is 0 Å². The van der Waals surface area contributed by atoms with Crippen molar-refractivity contribution in [2.24, 2.45) is 5.92 Å². The molecule has 2 rings (SSSR count). The van der Waals surface area contributed by atoms with Gasteiger partial charge in [-0.05, 0) is 43.4 Å². The molecule has 1 amide bonds. The molecule has 0 N–H and O–H groups in total. The fourth-order valence-corrected chi connectivity index (χ4v) is 2.73. The molecule has 0 saturated carbocycles. The highest BCUT2D eigenvalue weighted by molar-refractivity contribution is 5.78. The normalized spacial score (nSPS) is 18.9. The third-order valence-electron chi connectivity index (χ3n) is 3.74. The minimum Gasteiger partial charge on any atom is -0.484 e. The highest BCUT2D eigenvalue weighted by Crippen LogP contribution is 2.24. The fourth-order valence-electron chi connectivity index (χ4n) is 2.73. The standard InChI is InChI=1S/C16H23NO2/c1-12(2)15-8-5-9-17(15)16(18)11-19-14-7-4-6-13(3)10-14/h4,6-7,10,12,15H,5,8-9,11H2,1-3H3. The SMILES string of the molecule is Cc1cccc(OCC(=O)N2CCCC2C(C)C)c1. The van der Waals surface area contributed by atoms with Crippen LogP contribution in [0.1, 0.15) is 32.3 Å². The predicted octanol–water partition coefficient (Wildman–Crippen LogP) is 3.02. The molecule has 1 heterocycles. The van der Waals surface area contributed by atoms with Gasteiger partial charge in [-0.15, -0.1) is 0 Å². The van der Waals surface area contributed by atoms with Gasteiger partial charge in [0.05, 0.1) is 0 Å². The lowest BCUT2D eigenvalue weighted by atomic mass is 10.0. The van der Waals surface area contributed by atoms with Gasteiger partial charge in [-0.1, -0.05) is 26.0 Å². The van der Waals surface area contributed by atoms with E-state index in [2.05, 4.69) is 13.8 Å². The first-order valence-corrected chi connectivity index (χ1v) is 7.07. The maximum Gasteiger partial charge on any atom is 0.260 e. The smallest absolute Gasteiger partial charge is 0.260 e. The van der Waals surface area contributed by atoms with Crippen LogP contribution in [0, 0.1) is 12.8 Å². The first-order valence-electron chi connectivity index (χ1n) is 7.07. The summed E-state index contributed by atoms with van der Waals surface area (Å²) in [4.78, 5) is 14.2. The Labute approximate surface area is 115 Å². The van der Waals surface area contributed by atoms with Crippen LogP contribution in [0.15, 0.2) is 24.3 Å². The zero-order valence-electron chi connectivity index (χ0n) is 12.1. The molecular formula is C16H23NO2. The number of hydrogen-bond donors (Lipinski definition) is 0. The predicted molar refractivity (Wildman–Crippen MR) is 76.2 cm³/mol. The number of benzene rings is 1. The van der Waals surface area contributed by atoms with Crippen molar-refractivity contribution in [3.8, 4) is 5.75 Å². The molecule has 1 unspecified atom stereocenters. The third-order valence-corrected chi connectivity index (χ3v) is 3.74. The molecule has 0 bridgehead atoms. The van der Waals surface area contributed by atoms with Crippen LogP contribution in [-0.4, -0.2) is 30.0 Å². The van der Waals surface area contributed by atoms with Gasteiger partial charge in [0.2, 0.25) is 0 Å². The topological polar surface area (TPSA) is 29.5 Å². The van der Waals surface area contributed by atoms with E-state index in [9.17, 15) is 4.79 Å². The van der Waals surface area contributed by atoms with E-state index in [0.29, 0.717) is 12.0 Å². The highest BCUT2D eigenvalue weighted by Gasteiger charge is 2.30. The Bertz CT molecular complexity index is 442. The van der Waals surface area contributed by atoms with E-state index in [1.807, 2.05) is 36.1 Å². The maximum absolute atomic E-state index is 12.2. The van der Waals surface area contributed by atoms with E-state index >= 15 is 0 Å². The third kappa shape index (κ3) is 3.49. The quantitative estimate of drug-likeness (QED) is 0.833. The Morgan fingerprint density at radius 1 is 1.47 bits per heavy atom. The molecule has 1 aromatic rings. The van der Waals surface area contributed by atoms with E-state index in [1.54, 1.807) is 0 Å². The van der Waals surface area contributed by atoms with E-state index in [4.69, 9.17) is 4.74 Å². The van der Waals surface area contributed by atoms with Gasteiger partial charge in [0.25, 0.3) is 5.91 Å². The molecule has 1 saturated heterocycles. The van der Waals surface area contributed by atoms with Gasteiger partial charge in [0.1, 0.15) is 5.75 Å². The molecule has 0 radical (unpaired) electrons. The van der Waals surface area contributed by atoms with Crippen LogP contribution in [0.5, 0.6) is 5.75 Å². The van der Waals surface area contributed by atoms with Crippen LogP contribution in [0.25, 0.3) is 0 Å². The van der Waals surface area contributed by atoms with E-state index in [1.165, 1.54) is 0 Å². The van der Waals surface area contributed by atoms with Crippen molar-refractivity contribution in [3.05, 3.63) is 29.8 Å². The van der Waals surface area contributed by atoms with Crippen molar-refractivity contribution in [2.75, 3.05) is 13.2 Å². The molecule has 19 heavy (non-hydrogen) atoms.